The van der Waals surface area contributed by atoms with E-state index in [1.54, 1.807) is 0 Å². The van der Waals surface area contributed by atoms with Gasteiger partial charge in [0.2, 0.25) is 5.91 Å². The molecule has 0 saturated carbocycles. The molecule has 132 valence electrons. The quantitative estimate of drug-likeness (QED) is 0.683. The van der Waals surface area contributed by atoms with Crippen molar-refractivity contribution in [1.29, 1.82) is 0 Å². The third-order valence-corrected chi connectivity index (χ3v) is 5.54. The van der Waals surface area contributed by atoms with Crippen LogP contribution in [-0.2, 0) is 4.79 Å². The van der Waals surface area contributed by atoms with Gasteiger partial charge in [0, 0.05) is 45.8 Å². The number of nitrogens with one attached hydrogen (secondary N) is 1. The van der Waals surface area contributed by atoms with E-state index >= 15 is 0 Å². The van der Waals surface area contributed by atoms with Gasteiger partial charge in [-0.25, -0.2) is 0 Å². The number of amides is 1. The molecule has 0 bridgehead atoms. The Morgan fingerprint density at radius 3 is 2.56 bits per heavy atom. The minimum atomic E-state index is -0.00462. The molecular formula is C18H18Br2ClN3O. The average molecular weight is 488 g/mol. The van der Waals surface area contributed by atoms with Crippen LogP contribution in [-0.4, -0.2) is 43.5 Å². The molecule has 1 fully saturated rings. The van der Waals surface area contributed by atoms with E-state index in [0.717, 1.165) is 51.5 Å². The molecule has 0 radical (unpaired) electrons. The van der Waals surface area contributed by atoms with Gasteiger partial charge in [-0.3, -0.25) is 9.69 Å². The molecule has 1 aliphatic rings. The van der Waals surface area contributed by atoms with Crippen LogP contribution >= 0.6 is 43.5 Å². The van der Waals surface area contributed by atoms with Gasteiger partial charge in [0.25, 0.3) is 0 Å². The van der Waals surface area contributed by atoms with Gasteiger partial charge < -0.3 is 10.2 Å². The number of anilines is 2. The number of rotatable bonds is 4. The minimum absolute atomic E-state index is 0.00462. The molecule has 3 rings (SSSR count). The summed E-state index contributed by atoms with van der Waals surface area (Å²) in [6.07, 6.45) is 0. The summed E-state index contributed by atoms with van der Waals surface area (Å²) in [6.45, 7) is 3.85. The molecule has 2 aromatic carbocycles. The normalized spacial score (nSPS) is 15.2. The first-order valence-corrected chi connectivity index (χ1v) is 9.95. The van der Waals surface area contributed by atoms with Crippen molar-refractivity contribution >= 4 is 60.7 Å². The summed E-state index contributed by atoms with van der Waals surface area (Å²) in [5.74, 6) is -0.00462. The van der Waals surface area contributed by atoms with E-state index in [2.05, 4.69) is 53.0 Å². The predicted octanol–water partition coefficient (Wildman–Crippen LogP) is 4.63. The fraction of sp³-hybridized carbons (Fsp3) is 0.278. The van der Waals surface area contributed by atoms with Crippen molar-refractivity contribution in [2.45, 2.75) is 0 Å². The molecule has 1 N–H and O–H groups in total. The average Bonchev–Trinajstić information content (AvgIpc) is 2.59. The molecule has 1 aliphatic heterocycles. The number of carbonyl (C=O) groups excluding carboxylic acids is 1. The molecule has 4 nitrogen and oxygen atoms in total. The Morgan fingerprint density at radius 1 is 1.08 bits per heavy atom. The number of nitrogens with zero attached hydrogens (tertiary/aromatic N) is 2. The van der Waals surface area contributed by atoms with Crippen molar-refractivity contribution in [1.82, 2.24) is 4.90 Å². The Morgan fingerprint density at radius 2 is 1.84 bits per heavy atom. The van der Waals surface area contributed by atoms with Crippen LogP contribution in [0.25, 0.3) is 0 Å². The number of hydrogen-bond donors (Lipinski definition) is 1. The molecule has 0 aromatic heterocycles. The van der Waals surface area contributed by atoms with Crippen LogP contribution < -0.4 is 10.2 Å². The van der Waals surface area contributed by atoms with E-state index in [0.29, 0.717) is 6.54 Å². The number of benzene rings is 2. The van der Waals surface area contributed by atoms with Crippen LogP contribution in [0.15, 0.2) is 51.4 Å². The monoisotopic (exact) mass is 485 g/mol. The second-order valence-corrected chi connectivity index (χ2v) is 8.12. The van der Waals surface area contributed by atoms with E-state index in [4.69, 9.17) is 11.6 Å². The van der Waals surface area contributed by atoms with Crippen molar-refractivity contribution in [2.24, 2.45) is 0 Å². The summed E-state index contributed by atoms with van der Waals surface area (Å²) >= 11 is 12.9. The SMILES string of the molecule is O=C(CN1CCN(c2cccc(Cl)c2)CC1)Nc1cc(Br)ccc1Br. The maximum absolute atomic E-state index is 12.3. The zero-order chi connectivity index (χ0) is 17.8. The van der Waals surface area contributed by atoms with Crippen molar-refractivity contribution in [3.63, 3.8) is 0 Å². The number of piperazine rings is 1. The molecule has 2 aromatic rings. The smallest absolute Gasteiger partial charge is 0.238 e. The number of halogens is 3. The molecule has 1 saturated heterocycles. The summed E-state index contributed by atoms with van der Waals surface area (Å²) in [7, 11) is 0. The Bertz CT molecular complexity index is 764. The summed E-state index contributed by atoms with van der Waals surface area (Å²) in [4.78, 5) is 16.8. The molecular weight excluding hydrogens is 469 g/mol. The first kappa shape index (κ1) is 18.7. The summed E-state index contributed by atoms with van der Waals surface area (Å²) in [6, 6.07) is 13.6. The predicted molar refractivity (Wildman–Crippen MR) is 111 cm³/mol. The van der Waals surface area contributed by atoms with Crippen molar-refractivity contribution in [3.8, 4) is 0 Å². The van der Waals surface area contributed by atoms with Crippen LogP contribution in [0.2, 0.25) is 5.02 Å². The van der Waals surface area contributed by atoms with E-state index in [1.165, 1.54) is 0 Å². The molecule has 25 heavy (non-hydrogen) atoms. The van der Waals surface area contributed by atoms with Crippen LogP contribution in [0.5, 0.6) is 0 Å². The number of hydrogen-bond acceptors (Lipinski definition) is 3. The Kier molecular flexibility index (Phi) is 6.39. The van der Waals surface area contributed by atoms with Gasteiger partial charge in [-0.2, -0.15) is 0 Å². The lowest BCUT2D eigenvalue weighted by atomic mass is 10.2. The van der Waals surface area contributed by atoms with Gasteiger partial charge in [-0.15, -0.1) is 0 Å². The lowest BCUT2D eigenvalue weighted by Gasteiger charge is -2.35. The standard InChI is InChI=1S/C18H18Br2ClN3O/c19-13-4-5-16(20)17(10-13)22-18(25)12-23-6-8-24(9-7-23)15-3-1-2-14(21)11-15/h1-5,10-11H,6-9,12H2,(H,22,25). The lowest BCUT2D eigenvalue weighted by molar-refractivity contribution is -0.117. The molecule has 1 heterocycles. The van der Waals surface area contributed by atoms with Gasteiger partial charge in [-0.1, -0.05) is 33.6 Å². The second-order valence-electron chi connectivity index (χ2n) is 5.92. The van der Waals surface area contributed by atoms with Gasteiger partial charge in [0.1, 0.15) is 0 Å². The maximum Gasteiger partial charge on any atom is 0.238 e. The lowest BCUT2D eigenvalue weighted by Crippen LogP contribution is -2.48. The van der Waals surface area contributed by atoms with Crippen LogP contribution in [0.3, 0.4) is 0 Å². The molecule has 7 heteroatoms. The summed E-state index contributed by atoms with van der Waals surface area (Å²) in [5.41, 5.74) is 1.91. The second kappa shape index (κ2) is 8.54. The fourth-order valence-electron chi connectivity index (χ4n) is 2.82. The highest BCUT2D eigenvalue weighted by Gasteiger charge is 2.19. The van der Waals surface area contributed by atoms with Gasteiger partial charge in [0.05, 0.1) is 12.2 Å². The van der Waals surface area contributed by atoms with Gasteiger partial charge in [-0.05, 0) is 52.3 Å². The molecule has 0 unspecified atom stereocenters. The molecule has 0 aliphatic carbocycles. The highest BCUT2D eigenvalue weighted by molar-refractivity contribution is 9.11. The molecule has 0 atom stereocenters. The van der Waals surface area contributed by atoms with Gasteiger partial charge in [0.15, 0.2) is 0 Å². The van der Waals surface area contributed by atoms with Crippen LogP contribution in [0.4, 0.5) is 11.4 Å². The topological polar surface area (TPSA) is 35.6 Å². The highest BCUT2D eigenvalue weighted by atomic mass is 79.9. The molecule has 1 amide bonds. The third-order valence-electron chi connectivity index (χ3n) is 4.12. The fourth-order valence-corrected chi connectivity index (χ4v) is 3.71. The number of carbonyl (C=O) groups is 1. The van der Waals surface area contributed by atoms with Crippen molar-refractivity contribution < 1.29 is 4.79 Å². The highest BCUT2D eigenvalue weighted by Crippen LogP contribution is 2.26. The third kappa shape index (κ3) is 5.20. The first-order chi connectivity index (χ1) is 12.0. The Balaban J connectivity index is 1.52. The van der Waals surface area contributed by atoms with Gasteiger partial charge >= 0.3 is 0 Å². The maximum atomic E-state index is 12.3. The van der Waals surface area contributed by atoms with E-state index in [-0.39, 0.29) is 5.91 Å². The Labute approximate surface area is 169 Å². The zero-order valence-electron chi connectivity index (χ0n) is 13.5. The minimum Gasteiger partial charge on any atom is -0.369 e. The summed E-state index contributed by atoms with van der Waals surface area (Å²) in [5, 5.41) is 3.71. The van der Waals surface area contributed by atoms with E-state index in [1.807, 2.05) is 36.4 Å². The van der Waals surface area contributed by atoms with Crippen molar-refractivity contribution in [3.05, 3.63) is 56.4 Å². The van der Waals surface area contributed by atoms with E-state index in [9.17, 15) is 4.79 Å². The first-order valence-electron chi connectivity index (χ1n) is 7.99. The van der Waals surface area contributed by atoms with Crippen LogP contribution in [0, 0.1) is 0 Å². The summed E-state index contributed by atoms with van der Waals surface area (Å²) < 4.78 is 1.80. The largest absolute Gasteiger partial charge is 0.369 e. The van der Waals surface area contributed by atoms with E-state index < -0.39 is 0 Å². The molecule has 0 spiro atoms. The Hall–Kier alpha value is -1.08. The zero-order valence-corrected chi connectivity index (χ0v) is 17.4. The van der Waals surface area contributed by atoms with Crippen molar-refractivity contribution in [2.75, 3.05) is 42.9 Å². The van der Waals surface area contributed by atoms with Crippen LogP contribution in [0.1, 0.15) is 0 Å².